The van der Waals surface area contributed by atoms with Gasteiger partial charge in [-0.05, 0) is 39.7 Å². The van der Waals surface area contributed by atoms with Gasteiger partial charge in [-0.3, -0.25) is 4.68 Å². The molecular formula is C13H13BrClFN2O2. The van der Waals surface area contributed by atoms with Crippen molar-refractivity contribution >= 4 is 27.5 Å². The van der Waals surface area contributed by atoms with Gasteiger partial charge in [0.15, 0.2) is 0 Å². The van der Waals surface area contributed by atoms with Crippen LogP contribution in [0.3, 0.4) is 0 Å². The molecule has 1 aromatic heterocycles. The summed E-state index contributed by atoms with van der Waals surface area (Å²) in [6.45, 7) is 0.940. The number of aliphatic hydroxyl groups is 1. The molecular weight excluding hydrogens is 351 g/mol. The van der Waals surface area contributed by atoms with Crippen LogP contribution in [0.15, 0.2) is 28.9 Å². The van der Waals surface area contributed by atoms with E-state index in [0.717, 1.165) is 0 Å². The summed E-state index contributed by atoms with van der Waals surface area (Å²) in [6, 6.07) is 3.96. The van der Waals surface area contributed by atoms with E-state index in [4.69, 9.17) is 16.3 Å². The summed E-state index contributed by atoms with van der Waals surface area (Å²) in [6.07, 6.45) is 0.548. The highest BCUT2D eigenvalue weighted by molar-refractivity contribution is 9.10. The molecule has 0 spiro atoms. The Hall–Kier alpha value is -0.950. The van der Waals surface area contributed by atoms with Gasteiger partial charge in [0, 0.05) is 12.1 Å². The van der Waals surface area contributed by atoms with E-state index >= 15 is 0 Å². The number of rotatable bonds is 5. The molecule has 0 saturated heterocycles. The van der Waals surface area contributed by atoms with Crippen LogP contribution in [0.5, 0.6) is 0 Å². The zero-order chi connectivity index (χ0) is 14.7. The molecule has 2 aromatic rings. The maximum absolute atomic E-state index is 13.4. The first-order valence-corrected chi connectivity index (χ1v) is 7.04. The minimum Gasteiger partial charge on any atom is -0.383 e. The molecule has 4 nitrogen and oxygen atoms in total. The maximum atomic E-state index is 13.4. The second-order valence-corrected chi connectivity index (χ2v) is 5.49. The molecule has 0 saturated carbocycles. The first-order chi connectivity index (χ1) is 9.52. The van der Waals surface area contributed by atoms with Crippen molar-refractivity contribution in [1.29, 1.82) is 0 Å². The summed E-state index contributed by atoms with van der Waals surface area (Å²) in [4.78, 5) is 0. The van der Waals surface area contributed by atoms with Crippen molar-refractivity contribution in [2.75, 3.05) is 13.7 Å². The van der Waals surface area contributed by atoms with Gasteiger partial charge in [-0.2, -0.15) is 5.10 Å². The number of halogens is 3. The lowest BCUT2D eigenvalue weighted by atomic mass is 10.1. The van der Waals surface area contributed by atoms with Crippen molar-refractivity contribution in [2.45, 2.75) is 12.6 Å². The highest BCUT2D eigenvalue weighted by Gasteiger charge is 2.20. The van der Waals surface area contributed by atoms with Crippen LogP contribution in [0, 0.1) is 5.82 Å². The van der Waals surface area contributed by atoms with E-state index < -0.39 is 11.9 Å². The van der Waals surface area contributed by atoms with Crippen LogP contribution in [-0.4, -0.2) is 28.6 Å². The van der Waals surface area contributed by atoms with Crippen LogP contribution in [0.1, 0.15) is 17.4 Å². The Balaban J connectivity index is 2.36. The molecule has 0 fully saturated rings. The Morgan fingerprint density at radius 3 is 2.90 bits per heavy atom. The normalized spacial score (nSPS) is 12.7. The molecule has 0 aliphatic heterocycles. The number of ether oxygens (including phenoxy) is 1. The standard InChI is InChI=1S/C13H13BrClFN2O2/c1-20-3-2-18-12(11(14)7-17-18)13(19)8-4-9(15)6-10(16)5-8/h4-7,13,19H,2-3H2,1H3. The van der Waals surface area contributed by atoms with Gasteiger partial charge in [0.25, 0.3) is 0 Å². The third-order valence-corrected chi connectivity index (χ3v) is 3.63. The maximum Gasteiger partial charge on any atom is 0.125 e. The van der Waals surface area contributed by atoms with Crippen molar-refractivity contribution in [2.24, 2.45) is 0 Å². The average Bonchev–Trinajstić information content (AvgIpc) is 2.75. The van der Waals surface area contributed by atoms with Crippen LogP contribution < -0.4 is 0 Å². The molecule has 0 amide bonds. The largest absolute Gasteiger partial charge is 0.383 e. The molecule has 20 heavy (non-hydrogen) atoms. The number of aliphatic hydroxyl groups excluding tert-OH is 1. The van der Waals surface area contributed by atoms with Gasteiger partial charge in [-0.25, -0.2) is 4.39 Å². The van der Waals surface area contributed by atoms with Crippen LogP contribution in [-0.2, 0) is 11.3 Å². The van der Waals surface area contributed by atoms with Gasteiger partial charge < -0.3 is 9.84 Å². The van der Waals surface area contributed by atoms with Crippen molar-refractivity contribution in [3.63, 3.8) is 0 Å². The fourth-order valence-corrected chi connectivity index (χ4v) is 2.63. The Labute approximate surface area is 129 Å². The molecule has 2 rings (SSSR count). The number of benzene rings is 1. The quantitative estimate of drug-likeness (QED) is 0.887. The van der Waals surface area contributed by atoms with Crippen LogP contribution >= 0.6 is 27.5 Å². The van der Waals surface area contributed by atoms with E-state index in [9.17, 15) is 9.50 Å². The summed E-state index contributed by atoms with van der Waals surface area (Å²) >= 11 is 9.15. The van der Waals surface area contributed by atoms with Gasteiger partial charge in [0.2, 0.25) is 0 Å². The minimum atomic E-state index is -1.03. The lowest BCUT2D eigenvalue weighted by molar-refractivity contribution is 0.171. The number of nitrogens with zero attached hydrogens (tertiary/aromatic N) is 2. The summed E-state index contributed by atoms with van der Waals surface area (Å²) in [5, 5.41) is 14.8. The van der Waals surface area contributed by atoms with Gasteiger partial charge in [0.05, 0.1) is 29.5 Å². The molecule has 1 unspecified atom stereocenters. The van der Waals surface area contributed by atoms with Crippen LogP contribution in [0.2, 0.25) is 5.02 Å². The zero-order valence-electron chi connectivity index (χ0n) is 10.7. The molecule has 0 aliphatic rings. The van der Waals surface area contributed by atoms with Gasteiger partial charge in [0.1, 0.15) is 11.9 Å². The van der Waals surface area contributed by atoms with Crippen molar-refractivity contribution in [1.82, 2.24) is 9.78 Å². The minimum absolute atomic E-state index is 0.234. The molecule has 1 heterocycles. The monoisotopic (exact) mass is 362 g/mol. The number of hydrogen-bond acceptors (Lipinski definition) is 3. The molecule has 108 valence electrons. The smallest absolute Gasteiger partial charge is 0.125 e. The lowest BCUT2D eigenvalue weighted by Gasteiger charge is -2.15. The molecule has 7 heteroatoms. The molecule has 0 radical (unpaired) electrons. The van der Waals surface area contributed by atoms with E-state index in [1.165, 1.54) is 18.2 Å². The summed E-state index contributed by atoms with van der Waals surface area (Å²) < 4.78 is 20.6. The predicted octanol–water partition coefficient (Wildman–Crippen LogP) is 3.17. The van der Waals surface area contributed by atoms with Gasteiger partial charge in [-0.15, -0.1) is 0 Å². The second-order valence-electron chi connectivity index (χ2n) is 4.20. The Kier molecular flexibility index (Phi) is 5.15. The Morgan fingerprint density at radius 1 is 1.50 bits per heavy atom. The third-order valence-electron chi connectivity index (χ3n) is 2.80. The van der Waals surface area contributed by atoms with Crippen molar-refractivity contribution in [3.05, 3.63) is 51.0 Å². The molecule has 0 aliphatic carbocycles. The zero-order valence-corrected chi connectivity index (χ0v) is 13.0. The molecule has 1 aromatic carbocycles. The Morgan fingerprint density at radius 2 is 2.25 bits per heavy atom. The van der Waals surface area contributed by atoms with Crippen molar-refractivity contribution in [3.8, 4) is 0 Å². The number of hydrogen-bond donors (Lipinski definition) is 1. The van der Waals surface area contributed by atoms with Gasteiger partial charge in [-0.1, -0.05) is 11.6 Å². The highest BCUT2D eigenvalue weighted by Crippen LogP contribution is 2.30. The SMILES string of the molecule is COCCn1ncc(Br)c1C(O)c1cc(F)cc(Cl)c1. The average molecular weight is 364 g/mol. The predicted molar refractivity (Wildman–Crippen MR) is 77.3 cm³/mol. The van der Waals surface area contributed by atoms with E-state index in [0.29, 0.717) is 28.9 Å². The fourth-order valence-electron chi connectivity index (χ4n) is 1.89. The molecule has 1 atom stereocenters. The summed E-state index contributed by atoms with van der Waals surface area (Å²) in [5.74, 6) is -0.495. The topological polar surface area (TPSA) is 47.3 Å². The number of aromatic nitrogens is 2. The second kappa shape index (κ2) is 6.67. The third kappa shape index (κ3) is 3.38. The van der Waals surface area contributed by atoms with E-state index in [1.807, 2.05) is 0 Å². The molecule has 1 N–H and O–H groups in total. The first kappa shape index (κ1) is 15.4. The number of methoxy groups -OCH3 is 1. The molecule has 0 bridgehead atoms. The fraction of sp³-hybridized carbons (Fsp3) is 0.308. The van der Waals surface area contributed by atoms with Crippen molar-refractivity contribution < 1.29 is 14.2 Å². The first-order valence-electron chi connectivity index (χ1n) is 5.87. The van der Waals surface area contributed by atoms with Gasteiger partial charge >= 0.3 is 0 Å². The van der Waals surface area contributed by atoms with E-state index in [2.05, 4.69) is 21.0 Å². The van der Waals surface area contributed by atoms with E-state index in [1.54, 1.807) is 18.0 Å². The Bertz CT molecular complexity index is 586. The van der Waals surface area contributed by atoms with Crippen LogP contribution in [0.25, 0.3) is 0 Å². The highest BCUT2D eigenvalue weighted by atomic mass is 79.9. The summed E-state index contributed by atoms with van der Waals surface area (Å²) in [5.41, 5.74) is 0.901. The van der Waals surface area contributed by atoms with Crippen LogP contribution in [0.4, 0.5) is 4.39 Å². The summed E-state index contributed by atoms with van der Waals surface area (Å²) in [7, 11) is 1.58. The lowest BCUT2D eigenvalue weighted by Crippen LogP contribution is -2.13. The van der Waals surface area contributed by atoms with E-state index in [-0.39, 0.29) is 5.02 Å².